The minimum absolute atomic E-state index is 0.124. The molecule has 0 aromatic rings. The van der Waals surface area contributed by atoms with Gasteiger partial charge in [-0.05, 0) is 56.8 Å². The van der Waals surface area contributed by atoms with Crippen molar-refractivity contribution in [2.45, 2.75) is 121 Å². The molecule has 2 aliphatic carbocycles. The highest BCUT2D eigenvalue weighted by atomic mass is 16.5. The summed E-state index contributed by atoms with van der Waals surface area (Å²) in [5, 5.41) is 0. The summed E-state index contributed by atoms with van der Waals surface area (Å²) in [4.78, 5) is 19.5. The van der Waals surface area contributed by atoms with Gasteiger partial charge in [-0.15, -0.1) is 0 Å². The first-order chi connectivity index (χ1) is 14.5. The van der Waals surface area contributed by atoms with Gasteiger partial charge in [-0.1, -0.05) is 64.7 Å². The summed E-state index contributed by atoms with van der Waals surface area (Å²) in [6.07, 6.45) is 19.5. The van der Waals surface area contributed by atoms with Crippen LogP contribution in [0, 0.1) is 11.8 Å². The van der Waals surface area contributed by atoms with Gasteiger partial charge in [0, 0.05) is 13.7 Å². The maximum Gasteiger partial charge on any atom is 0.257 e. The second-order valence-electron chi connectivity index (χ2n) is 10.2. The molecule has 30 heavy (non-hydrogen) atoms. The molecule has 2 saturated carbocycles. The van der Waals surface area contributed by atoms with Gasteiger partial charge in [0.15, 0.2) is 5.96 Å². The SMILES string of the molecule is CCCCCO[C@@H]1CCC[C@@H](CC[C@@]2(CCC3CCCCC3)N=C(N)N(C)C2=O)C1. The summed E-state index contributed by atoms with van der Waals surface area (Å²) in [7, 11) is 1.78. The van der Waals surface area contributed by atoms with Crippen LogP contribution in [0.25, 0.3) is 0 Å². The van der Waals surface area contributed by atoms with E-state index in [4.69, 9.17) is 15.5 Å². The van der Waals surface area contributed by atoms with Crippen LogP contribution in [0.5, 0.6) is 0 Å². The van der Waals surface area contributed by atoms with E-state index in [0.717, 1.165) is 44.6 Å². The van der Waals surface area contributed by atoms with E-state index in [-0.39, 0.29) is 5.91 Å². The lowest BCUT2D eigenvalue weighted by Crippen LogP contribution is -2.42. The van der Waals surface area contributed by atoms with Gasteiger partial charge in [-0.25, -0.2) is 4.99 Å². The summed E-state index contributed by atoms with van der Waals surface area (Å²) in [6, 6.07) is 0. The Kier molecular flexibility index (Phi) is 9.03. The van der Waals surface area contributed by atoms with E-state index in [2.05, 4.69) is 6.92 Å². The lowest BCUT2D eigenvalue weighted by atomic mass is 9.77. The highest BCUT2D eigenvalue weighted by molar-refractivity contribution is 6.06. The maximum absolute atomic E-state index is 13.2. The summed E-state index contributed by atoms with van der Waals surface area (Å²) < 4.78 is 6.17. The highest BCUT2D eigenvalue weighted by Crippen LogP contribution is 2.39. The molecule has 0 radical (unpaired) electrons. The number of hydrogen-bond donors (Lipinski definition) is 1. The number of ether oxygens (including phenoxy) is 1. The topological polar surface area (TPSA) is 67.9 Å². The fourth-order valence-electron chi connectivity index (χ4n) is 5.83. The number of rotatable bonds is 11. The first-order valence-corrected chi connectivity index (χ1v) is 12.8. The van der Waals surface area contributed by atoms with Gasteiger partial charge in [-0.3, -0.25) is 9.69 Å². The van der Waals surface area contributed by atoms with E-state index < -0.39 is 5.54 Å². The summed E-state index contributed by atoms with van der Waals surface area (Å²) in [6.45, 7) is 3.14. The number of hydrogen-bond acceptors (Lipinski definition) is 4. The molecule has 3 rings (SSSR count). The van der Waals surface area contributed by atoms with Crippen LogP contribution in [0.4, 0.5) is 0 Å². The number of aliphatic imine (C=N–C) groups is 1. The van der Waals surface area contributed by atoms with Gasteiger partial charge in [0.25, 0.3) is 5.91 Å². The van der Waals surface area contributed by atoms with Crippen LogP contribution in [0.15, 0.2) is 4.99 Å². The Morgan fingerprint density at radius 3 is 2.40 bits per heavy atom. The van der Waals surface area contributed by atoms with Crippen molar-refractivity contribution in [1.82, 2.24) is 4.90 Å². The Morgan fingerprint density at radius 2 is 1.73 bits per heavy atom. The molecule has 172 valence electrons. The minimum Gasteiger partial charge on any atom is -0.378 e. The third-order valence-corrected chi connectivity index (χ3v) is 7.87. The van der Waals surface area contributed by atoms with E-state index in [0.29, 0.717) is 18.0 Å². The molecule has 0 spiro atoms. The Hall–Kier alpha value is -1.10. The Morgan fingerprint density at radius 1 is 1.03 bits per heavy atom. The number of unbranched alkanes of at least 4 members (excludes halogenated alkanes) is 2. The molecular formula is C25H45N3O2. The normalized spacial score (nSPS) is 30.7. The van der Waals surface area contributed by atoms with Crippen LogP contribution in [0.3, 0.4) is 0 Å². The average molecular weight is 420 g/mol. The van der Waals surface area contributed by atoms with E-state index in [9.17, 15) is 4.79 Å². The smallest absolute Gasteiger partial charge is 0.257 e. The van der Waals surface area contributed by atoms with Crippen LogP contribution in [0.2, 0.25) is 0 Å². The Balaban J connectivity index is 1.53. The fourth-order valence-corrected chi connectivity index (χ4v) is 5.83. The van der Waals surface area contributed by atoms with Gasteiger partial charge in [0.1, 0.15) is 5.54 Å². The van der Waals surface area contributed by atoms with Gasteiger partial charge in [0.05, 0.1) is 6.10 Å². The predicted octanol–water partition coefficient (Wildman–Crippen LogP) is 5.42. The van der Waals surface area contributed by atoms with Crippen LogP contribution in [-0.2, 0) is 9.53 Å². The number of nitrogens with two attached hydrogens (primary N) is 1. The van der Waals surface area contributed by atoms with Crippen molar-refractivity contribution in [3.63, 3.8) is 0 Å². The van der Waals surface area contributed by atoms with Crippen molar-refractivity contribution in [3.8, 4) is 0 Å². The van der Waals surface area contributed by atoms with Crippen LogP contribution < -0.4 is 5.73 Å². The first-order valence-electron chi connectivity index (χ1n) is 12.8. The monoisotopic (exact) mass is 419 g/mol. The highest BCUT2D eigenvalue weighted by Gasteiger charge is 2.46. The second-order valence-corrected chi connectivity index (χ2v) is 10.2. The molecule has 2 N–H and O–H groups in total. The van der Waals surface area contributed by atoms with Crippen molar-refractivity contribution in [3.05, 3.63) is 0 Å². The zero-order chi connectivity index (χ0) is 21.4. The standard InChI is InChI=1S/C25H45N3O2/c1-3-4-8-18-30-22-13-9-12-21(19-22)15-17-25(23(29)28(2)24(26)27-25)16-14-20-10-6-5-7-11-20/h20-22H,3-19H2,1-2H3,(H2,26,27)/t21-,22+,25+/m0/s1. The number of guanidine groups is 1. The lowest BCUT2D eigenvalue weighted by Gasteiger charge is -2.33. The molecule has 0 saturated heterocycles. The van der Waals surface area contributed by atoms with Crippen molar-refractivity contribution < 1.29 is 9.53 Å². The van der Waals surface area contributed by atoms with E-state index in [1.54, 1.807) is 11.9 Å². The minimum atomic E-state index is -0.606. The zero-order valence-corrected chi connectivity index (χ0v) is 19.5. The molecule has 1 aliphatic heterocycles. The molecule has 5 nitrogen and oxygen atoms in total. The van der Waals surface area contributed by atoms with Gasteiger partial charge in [0.2, 0.25) is 0 Å². The van der Waals surface area contributed by atoms with Gasteiger partial charge < -0.3 is 10.5 Å². The molecule has 0 bridgehead atoms. The molecule has 1 amide bonds. The molecule has 1 heterocycles. The molecular weight excluding hydrogens is 374 g/mol. The van der Waals surface area contributed by atoms with E-state index in [1.807, 2.05) is 0 Å². The molecule has 0 aromatic heterocycles. The number of carbonyl (C=O) groups is 1. The van der Waals surface area contributed by atoms with Crippen molar-refractivity contribution >= 4 is 11.9 Å². The molecule has 0 unspecified atom stereocenters. The molecule has 0 aromatic carbocycles. The first kappa shape index (κ1) is 23.6. The van der Waals surface area contributed by atoms with Crippen LogP contribution >= 0.6 is 0 Å². The Labute approximate surface area is 184 Å². The Bertz CT molecular complexity index is 573. The van der Waals surface area contributed by atoms with Crippen LogP contribution in [-0.4, -0.2) is 42.1 Å². The fraction of sp³-hybridized carbons (Fsp3) is 0.920. The average Bonchev–Trinajstić information content (AvgIpc) is 2.99. The van der Waals surface area contributed by atoms with E-state index in [1.165, 1.54) is 70.6 Å². The third-order valence-electron chi connectivity index (χ3n) is 7.87. The van der Waals surface area contributed by atoms with Gasteiger partial charge in [-0.2, -0.15) is 0 Å². The lowest BCUT2D eigenvalue weighted by molar-refractivity contribution is -0.131. The molecule has 5 heteroatoms. The van der Waals surface area contributed by atoms with Crippen molar-refractivity contribution in [1.29, 1.82) is 0 Å². The van der Waals surface area contributed by atoms with Crippen molar-refractivity contribution in [2.75, 3.05) is 13.7 Å². The molecule has 3 atom stereocenters. The summed E-state index contributed by atoms with van der Waals surface area (Å²) >= 11 is 0. The van der Waals surface area contributed by atoms with Gasteiger partial charge >= 0.3 is 0 Å². The maximum atomic E-state index is 13.2. The second kappa shape index (κ2) is 11.5. The number of nitrogens with zero attached hydrogens (tertiary/aromatic N) is 2. The van der Waals surface area contributed by atoms with E-state index >= 15 is 0 Å². The summed E-state index contributed by atoms with van der Waals surface area (Å²) in [5.74, 6) is 1.95. The van der Waals surface area contributed by atoms with Crippen molar-refractivity contribution in [2.24, 2.45) is 22.6 Å². The number of likely N-dealkylation sites (N-methyl/N-ethyl adjacent to an activating group) is 1. The third kappa shape index (κ3) is 6.21. The van der Waals surface area contributed by atoms with Crippen LogP contribution in [0.1, 0.15) is 110 Å². The zero-order valence-electron chi connectivity index (χ0n) is 19.5. The molecule has 3 aliphatic rings. The largest absolute Gasteiger partial charge is 0.378 e. The summed E-state index contributed by atoms with van der Waals surface area (Å²) in [5.41, 5.74) is 5.49. The quantitative estimate of drug-likeness (QED) is 0.455. The molecule has 2 fully saturated rings. The predicted molar refractivity (Wildman–Crippen MR) is 123 cm³/mol. The number of carbonyl (C=O) groups excluding carboxylic acids is 1. The number of amides is 1.